The number of azo groups is 2. The smallest absolute Gasteiger partial charge is 0.263 e. The largest absolute Gasteiger partial charge is 0.368 e. The first-order chi connectivity index (χ1) is 9.06. The minimum Gasteiger partial charge on any atom is -0.368 e. The number of nitrogen functional groups attached to an aromatic ring is 1. The number of rotatable bonds is 2. The number of nitrogens with two attached hydrogens (primary N) is 1. The summed E-state index contributed by atoms with van der Waals surface area (Å²) in [7, 11) is 1.92. The minimum absolute atomic E-state index is 0.282. The highest BCUT2D eigenvalue weighted by Crippen LogP contribution is 2.38. The molecule has 0 radical (unpaired) electrons. The molecule has 1 aliphatic rings. The molecule has 2 N–H and O–H groups in total. The van der Waals surface area contributed by atoms with Crippen molar-refractivity contribution in [3.8, 4) is 0 Å². The Hall–Kier alpha value is -2.56. The van der Waals surface area contributed by atoms with Crippen LogP contribution in [0.3, 0.4) is 0 Å². The highest BCUT2D eigenvalue weighted by molar-refractivity contribution is 5.81. The molecule has 5 nitrogen and oxygen atoms in total. The van der Waals surface area contributed by atoms with E-state index < -0.39 is 0 Å². The van der Waals surface area contributed by atoms with Crippen LogP contribution in [0.25, 0.3) is 5.57 Å². The van der Waals surface area contributed by atoms with Gasteiger partial charge in [-0.05, 0) is 24.1 Å². The van der Waals surface area contributed by atoms with Gasteiger partial charge in [-0.1, -0.05) is 17.3 Å². The highest BCUT2D eigenvalue weighted by Gasteiger charge is 2.25. The number of hydrogen-bond acceptors (Lipinski definition) is 4. The van der Waals surface area contributed by atoms with Crippen molar-refractivity contribution in [3.63, 3.8) is 0 Å². The molecular formula is C14H14N5+. The third-order valence-electron chi connectivity index (χ3n) is 3.25. The number of anilines is 1. The van der Waals surface area contributed by atoms with Crippen molar-refractivity contribution in [2.75, 3.05) is 12.8 Å². The van der Waals surface area contributed by atoms with Crippen molar-refractivity contribution >= 4 is 22.9 Å². The number of benzene rings is 1. The molecule has 2 aromatic rings. The zero-order valence-corrected chi connectivity index (χ0v) is 10.9. The zero-order valence-electron chi connectivity index (χ0n) is 10.9. The second kappa shape index (κ2) is 3.98. The summed E-state index contributed by atoms with van der Waals surface area (Å²) >= 11 is 0. The average Bonchev–Trinajstić information content (AvgIpc) is 2.37. The molecule has 0 amide bonds. The van der Waals surface area contributed by atoms with Crippen LogP contribution in [0.15, 0.2) is 36.1 Å². The summed E-state index contributed by atoms with van der Waals surface area (Å²) in [4.78, 5) is 8.20. The first-order valence-electron chi connectivity index (χ1n) is 5.94. The third-order valence-corrected chi connectivity index (χ3v) is 3.25. The van der Waals surface area contributed by atoms with Crippen molar-refractivity contribution in [1.82, 2.24) is 9.97 Å². The quantitative estimate of drug-likeness (QED) is 0.836. The monoisotopic (exact) mass is 252 g/mol. The van der Waals surface area contributed by atoms with E-state index in [1.54, 1.807) is 6.20 Å². The SMILES string of the molecule is C=C(c1ccc2c(c1)[N+](C)=N2)c1cnc(N)nc1C. The number of aryl methyl sites for hydroxylation is 1. The number of nitrogens with zero attached hydrogens (tertiary/aromatic N) is 4. The number of hydrogen-bond donors (Lipinski definition) is 1. The van der Waals surface area contributed by atoms with Crippen LogP contribution in [0.1, 0.15) is 16.8 Å². The predicted molar refractivity (Wildman–Crippen MR) is 73.7 cm³/mol. The van der Waals surface area contributed by atoms with E-state index in [2.05, 4.69) is 27.7 Å². The van der Waals surface area contributed by atoms with Gasteiger partial charge in [-0.3, -0.25) is 0 Å². The van der Waals surface area contributed by atoms with E-state index in [-0.39, 0.29) is 5.95 Å². The normalized spacial score (nSPS) is 12.4. The van der Waals surface area contributed by atoms with E-state index in [4.69, 9.17) is 5.73 Å². The lowest BCUT2D eigenvalue weighted by Gasteiger charge is -2.11. The maximum absolute atomic E-state index is 5.57. The van der Waals surface area contributed by atoms with Crippen molar-refractivity contribution < 1.29 is 4.70 Å². The van der Waals surface area contributed by atoms with E-state index in [1.807, 2.05) is 30.8 Å². The van der Waals surface area contributed by atoms with E-state index in [9.17, 15) is 0 Å². The fourth-order valence-corrected chi connectivity index (χ4v) is 2.16. The lowest BCUT2D eigenvalue weighted by atomic mass is 9.98. The Morgan fingerprint density at radius 3 is 2.84 bits per heavy atom. The lowest BCUT2D eigenvalue weighted by molar-refractivity contribution is -0.494. The lowest BCUT2D eigenvalue weighted by Crippen LogP contribution is -2.04. The molecule has 1 aromatic carbocycles. The van der Waals surface area contributed by atoms with E-state index in [1.165, 1.54) is 0 Å². The Balaban J connectivity index is 2.01. The van der Waals surface area contributed by atoms with Gasteiger partial charge in [0.15, 0.2) is 7.05 Å². The van der Waals surface area contributed by atoms with E-state index >= 15 is 0 Å². The summed E-state index contributed by atoms with van der Waals surface area (Å²) in [5.41, 5.74) is 11.3. The summed E-state index contributed by atoms with van der Waals surface area (Å²) in [5.74, 6) is 0.282. The molecule has 0 spiro atoms. The fraction of sp³-hybridized carbons (Fsp3) is 0.143. The van der Waals surface area contributed by atoms with Gasteiger partial charge in [-0.15, -0.1) is 0 Å². The standard InChI is InChI=1S/C14H14N5/c1-8(11-7-16-14(15)17-9(11)2)10-4-5-12-13(6-10)19(3)18-12/h4-7H,1H2,2-3H3,(H2,15,16,17)/q+1. The van der Waals surface area contributed by atoms with Crippen LogP contribution in [0.2, 0.25) is 0 Å². The average molecular weight is 252 g/mol. The first-order valence-corrected chi connectivity index (χ1v) is 5.94. The second-order valence-corrected chi connectivity index (χ2v) is 4.53. The third kappa shape index (κ3) is 1.79. The molecule has 5 heteroatoms. The van der Waals surface area contributed by atoms with Crippen LogP contribution >= 0.6 is 0 Å². The van der Waals surface area contributed by atoms with Gasteiger partial charge in [0.05, 0.1) is 5.69 Å². The Labute approximate surface area is 111 Å². The Kier molecular flexibility index (Phi) is 2.41. The van der Waals surface area contributed by atoms with Gasteiger partial charge in [-0.2, -0.15) is 0 Å². The van der Waals surface area contributed by atoms with E-state index in [0.29, 0.717) is 0 Å². The highest BCUT2D eigenvalue weighted by atomic mass is 15.3. The predicted octanol–water partition coefficient (Wildman–Crippen LogP) is 2.80. The second-order valence-electron chi connectivity index (χ2n) is 4.53. The summed E-state index contributed by atoms with van der Waals surface area (Å²) in [6.45, 7) is 6.04. The maximum Gasteiger partial charge on any atom is 0.263 e. The summed E-state index contributed by atoms with van der Waals surface area (Å²) in [6.07, 6.45) is 1.72. The van der Waals surface area contributed by atoms with Crippen LogP contribution < -0.4 is 5.73 Å². The van der Waals surface area contributed by atoms with E-state index in [0.717, 1.165) is 33.8 Å². The van der Waals surface area contributed by atoms with Gasteiger partial charge in [0.25, 0.3) is 5.69 Å². The van der Waals surface area contributed by atoms with Crippen LogP contribution in [0.4, 0.5) is 17.3 Å². The topological polar surface area (TPSA) is 67.2 Å². The van der Waals surface area contributed by atoms with Crippen LogP contribution in [-0.4, -0.2) is 21.7 Å². The van der Waals surface area contributed by atoms with Gasteiger partial charge < -0.3 is 5.73 Å². The molecule has 0 atom stereocenters. The minimum atomic E-state index is 0.282. The molecule has 19 heavy (non-hydrogen) atoms. The number of aromatic nitrogens is 2. The molecular weight excluding hydrogens is 238 g/mol. The fourth-order valence-electron chi connectivity index (χ4n) is 2.16. The molecule has 0 aliphatic carbocycles. The van der Waals surface area contributed by atoms with Gasteiger partial charge in [0.2, 0.25) is 11.6 Å². The maximum atomic E-state index is 5.57. The Morgan fingerprint density at radius 1 is 1.37 bits per heavy atom. The van der Waals surface area contributed by atoms with Crippen molar-refractivity contribution in [1.29, 1.82) is 0 Å². The number of fused-ring (bicyclic) bond motifs is 1. The summed E-state index contributed by atoms with van der Waals surface area (Å²) < 4.78 is 1.85. The van der Waals surface area contributed by atoms with Gasteiger partial charge in [-0.25, -0.2) is 9.97 Å². The van der Waals surface area contributed by atoms with Crippen LogP contribution in [0.5, 0.6) is 0 Å². The van der Waals surface area contributed by atoms with Crippen molar-refractivity contribution in [3.05, 3.63) is 47.8 Å². The molecule has 94 valence electrons. The summed E-state index contributed by atoms with van der Waals surface area (Å²) in [5, 5.41) is 4.25. The van der Waals surface area contributed by atoms with Gasteiger partial charge in [0, 0.05) is 22.9 Å². The van der Waals surface area contributed by atoms with Crippen molar-refractivity contribution in [2.45, 2.75) is 6.92 Å². The molecule has 0 unspecified atom stereocenters. The molecule has 1 aromatic heterocycles. The molecule has 3 rings (SSSR count). The van der Waals surface area contributed by atoms with Gasteiger partial charge >= 0.3 is 0 Å². The molecule has 0 fully saturated rings. The Bertz CT molecular complexity index is 731. The summed E-state index contributed by atoms with van der Waals surface area (Å²) in [6, 6.07) is 6.07. The zero-order chi connectivity index (χ0) is 13.6. The van der Waals surface area contributed by atoms with Crippen molar-refractivity contribution in [2.24, 2.45) is 5.11 Å². The molecule has 0 saturated carbocycles. The van der Waals surface area contributed by atoms with Gasteiger partial charge in [0.1, 0.15) is 0 Å². The molecule has 2 heterocycles. The Morgan fingerprint density at radius 2 is 2.16 bits per heavy atom. The molecule has 0 bridgehead atoms. The molecule has 0 saturated heterocycles. The van der Waals surface area contributed by atoms with Crippen LogP contribution in [0, 0.1) is 6.92 Å². The van der Waals surface area contributed by atoms with Crippen LogP contribution in [-0.2, 0) is 0 Å². The molecule has 1 aliphatic heterocycles. The first kappa shape index (κ1) is 11.5.